The Kier molecular flexibility index (Phi) is 5.11. The number of piperidine rings is 1. The molecule has 0 radical (unpaired) electrons. The van der Waals surface area contributed by atoms with Gasteiger partial charge in [-0.2, -0.15) is 5.26 Å². The first-order valence-corrected chi connectivity index (χ1v) is 12.4. The van der Waals surface area contributed by atoms with Crippen LogP contribution in [0.25, 0.3) is 0 Å². The van der Waals surface area contributed by atoms with Gasteiger partial charge in [0, 0.05) is 48.4 Å². The fourth-order valence-electron chi connectivity index (χ4n) is 7.32. The zero-order valence-electron chi connectivity index (χ0n) is 19.7. The van der Waals surface area contributed by atoms with Crippen molar-refractivity contribution in [1.29, 1.82) is 10.7 Å². The number of amides is 1. The van der Waals surface area contributed by atoms with E-state index in [2.05, 4.69) is 35.3 Å². The minimum atomic E-state index is -0.245. The third-order valence-electron chi connectivity index (χ3n) is 8.74. The van der Waals surface area contributed by atoms with Crippen molar-refractivity contribution in [3.05, 3.63) is 29.3 Å². The molecule has 5 heteroatoms. The van der Waals surface area contributed by atoms with Crippen LogP contribution in [0.4, 0.5) is 5.69 Å². The maximum atomic E-state index is 13.6. The van der Waals surface area contributed by atoms with E-state index in [0.29, 0.717) is 18.1 Å². The third kappa shape index (κ3) is 3.52. The van der Waals surface area contributed by atoms with Gasteiger partial charge in [0.15, 0.2) is 0 Å². The number of nitrogens with one attached hydrogen (secondary N) is 2. The minimum Gasteiger partial charge on any atom is -0.388 e. The molecule has 1 aromatic rings. The van der Waals surface area contributed by atoms with Gasteiger partial charge in [0.1, 0.15) is 0 Å². The lowest BCUT2D eigenvalue weighted by atomic mass is 9.59. The molecular weight excluding hydrogens is 396 g/mol. The second-order valence-corrected chi connectivity index (χ2v) is 11.5. The van der Waals surface area contributed by atoms with Crippen molar-refractivity contribution in [3.8, 4) is 6.07 Å². The van der Waals surface area contributed by atoms with E-state index in [0.717, 1.165) is 49.8 Å². The summed E-state index contributed by atoms with van der Waals surface area (Å²) in [7, 11) is 1.91. The fourth-order valence-corrected chi connectivity index (χ4v) is 7.32. The summed E-state index contributed by atoms with van der Waals surface area (Å²) in [5.74, 6) is 0.611. The second-order valence-electron chi connectivity index (χ2n) is 11.5. The molecule has 3 aliphatic carbocycles. The summed E-state index contributed by atoms with van der Waals surface area (Å²) >= 11 is 0. The minimum absolute atomic E-state index is 0.131. The molecule has 5 aliphatic rings. The van der Waals surface area contributed by atoms with E-state index < -0.39 is 0 Å². The first-order valence-electron chi connectivity index (χ1n) is 12.4. The first kappa shape index (κ1) is 21.5. The average molecular weight is 433 g/mol. The highest BCUT2D eigenvalue weighted by molar-refractivity contribution is 6.07. The lowest BCUT2D eigenvalue weighted by molar-refractivity contribution is -0.144. The summed E-state index contributed by atoms with van der Waals surface area (Å²) in [6.07, 6.45) is 8.52. The van der Waals surface area contributed by atoms with E-state index in [4.69, 9.17) is 5.41 Å². The number of carbonyl (C=O) groups excluding carboxylic acids is 1. The van der Waals surface area contributed by atoms with Crippen molar-refractivity contribution >= 4 is 17.3 Å². The highest BCUT2D eigenvalue weighted by Crippen LogP contribution is 2.59. The lowest BCUT2D eigenvalue weighted by Gasteiger charge is -2.54. The van der Waals surface area contributed by atoms with Crippen molar-refractivity contribution in [2.24, 2.45) is 16.7 Å². The monoisotopic (exact) mass is 432 g/mol. The van der Waals surface area contributed by atoms with E-state index in [1.54, 1.807) is 0 Å². The number of nitriles is 1. The van der Waals surface area contributed by atoms with Crippen LogP contribution in [-0.4, -0.2) is 35.7 Å². The molecule has 2 N–H and O–H groups in total. The van der Waals surface area contributed by atoms with Crippen molar-refractivity contribution < 1.29 is 4.79 Å². The zero-order chi connectivity index (χ0) is 22.7. The Morgan fingerprint density at radius 1 is 1.28 bits per heavy atom. The van der Waals surface area contributed by atoms with Crippen LogP contribution in [0.3, 0.4) is 0 Å². The molecule has 2 heterocycles. The van der Waals surface area contributed by atoms with Gasteiger partial charge in [-0.1, -0.05) is 26.0 Å². The number of rotatable bonds is 6. The predicted octanol–water partition coefficient (Wildman–Crippen LogP) is 5.46. The van der Waals surface area contributed by atoms with Gasteiger partial charge in [-0.15, -0.1) is 0 Å². The smallest absolute Gasteiger partial charge is 0.223 e. The van der Waals surface area contributed by atoms with Crippen molar-refractivity contribution in [2.45, 2.75) is 89.6 Å². The van der Waals surface area contributed by atoms with Gasteiger partial charge in [-0.3, -0.25) is 4.79 Å². The Hall–Kier alpha value is -2.35. The van der Waals surface area contributed by atoms with Gasteiger partial charge in [-0.25, -0.2) is 0 Å². The molecule has 5 atom stereocenters. The number of hydrogen-bond acceptors (Lipinski definition) is 4. The summed E-state index contributed by atoms with van der Waals surface area (Å²) in [5.41, 5.74) is 3.79. The summed E-state index contributed by atoms with van der Waals surface area (Å²) in [6.45, 7) is 4.37. The topological polar surface area (TPSA) is 80.0 Å². The largest absolute Gasteiger partial charge is 0.388 e. The number of anilines is 1. The molecule has 1 amide bonds. The van der Waals surface area contributed by atoms with E-state index in [9.17, 15) is 10.1 Å². The summed E-state index contributed by atoms with van der Waals surface area (Å²) in [4.78, 5) is 15.8. The summed E-state index contributed by atoms with van der Waals surface area (Å²) < 4.78 is 0. The van der Waals surface area contributed by atoms with Gasteiger partial charge >= 0.3 is 0 Å². The molecule has 32 heavy (non-hydrogen) atoms. The molecular formula is C27H36N4O. The Morgan fingerprint density at radius 2 is 2.03 bits per heavy atom. The van der Waals surface area contributed by atoms with E-state index in [1.807, 2.05) is 20.0 Å². The molecule has 0 aromatic heterocycles. The standard InChI is InChI=1S/C27H36N4O/c1-17(25(29)24-21(18-7-8-18)5-4-6-22(24)30-3)11-23(32)31-19-9-10-27(16-28)14-20(31)13-26(2,12-19)15-27/h4-6,17-20,29-30H,7-15H2,1-3H3. The number of nitrogens with zero attached hydrogens (tertiary/aromatic N) is 2. The molecule has 3 saturated carbocycles. The maximum Gasteiger partial charge on any atom is 0.223 e. The number of hydrogen-bond donors (Lipinski definition) is 2. The Bertz CT molecular complexity index is 992. The van der Waals surface area contributed by atoms with Crippen LogP contribution in [0.5, 0.6) is 0 Å². The van der Waals surface area contributed by atoms with Crippen molar-refractivity contribution in [2.75, 3.05) is 12.4 Å². The van der Waals surface area contributed by atoms with Crippen LogP contribution in [0.2, 0.25) is 0 Å². The van der Waals surface area contributed by atoms with Crippen LogP contribution in [0.1, 0.15) is 88.7 Å². The maximum absolute atomic E-state index is 13.6. The normalized spacial score (nSPS) is 34.0. The molecule has 0 spiro atoms. The highest BCUT2D eigenvalue weighted by atomic mass is 16.2. The molecule has 2 aliphatic heterocycles. The fraction of sp³-hybridized carbons (Fsp3) is 0.667. The number of fused-ring (bicyclic) bond motifs is 1. The van der Waals surface area contributed by atoms with E-state index in [1.165, 1.54) is 18.4 Å². The van der Waals surface area contributed by atoms with Gasteiger partial charge < -0.3 is 15.6 Å². The summed E-state index contributed by atoms with van der Waals surface area (Å²) in [5, 5.41) is 22.3. The van der Waals surface area contributed by atoms with Crippen LogP contribution < -0.4 is 5.32 Å². The number of benzene rings is 1. The number of carbonyl (C=O) groups is 1. The van der Waals surface area contributed by atoms with E-state index >= 15 is 0 Å². The Morgan fingerprint density at radius 3 is 2.72 bits per heavy atom. The van der Waals surface area contributed by atoms with Crippen LogP contribution in [0.15, 0.2) is 18.2 Å². The van der Waals surface area contributed by atoms with Gasteiger partial charge in [-0.05, 0) is 74.3 Å². The molecule has 1 aromatic carbocycles. The van der Waals surface area contributed by atoms with E-state index in [-0.39, 0.29) is 34.7 Å². The molecule has 4 bridgehead atoms. The first-order chi connectivity index (χ1) is 15.3. The molecule has 5 nitrogen and oxygen atoms in total. The zero-order valence-corrected chi connectivity index (χ0v) is 19.7. The van der Waals surface area contributed by atoms with Crippen LogP contribution in [0, 0.1) is 33.5 Å². The van der Waals surface area contributed by atoms with Gasteiger partial charge in [0.05, 0.1) is 11.5 Å². The predicted molar refractivity (Wildman–Crippen MR) is 127 cm³/mol. The van der Waals surface area contributed by atoms with Gasteiger partial charge in [0.2, 0.25) is 5.91 Å². The SMILES string of the molecule is CNc1cccc(C2CC2)c1C(=N)C(C)CC(=O)N1C2CCC3(C#N)CC1CC(C)(C2)C3. The molecule has 5 fully saturated rings. The van der Waals surface area contributed by atoms with Crippen LogP contribution in [-0.2, 0) is 4.79 Å². The quantitative estimate of drug-likeness (QED) is 0.586. The Balaban J connectivity index is 1.36. The molecule has 2 saturated heterocycles. The molecule has 5 unspecified atom stereocenters. The average Bonchev–Trinajstić information content (AvgIpc) is 3.61. The van der Waals surface area contributed by atoms with Crippen molar-refractivity contribution in [1.82, 2.24) is 4.90 Å². The summed E-state index contributed by atoms with van der Waals surface area (Å²) in [6, 6.07) is 9.39. The van der Waals surface area contributed by atoms with Gasteiger partial charge in [0.25, 0.3) is 0 Å². The lowest BCUT2D eigenvalue weighted by Crippen LogP contribution is -2.57. The van der Waals surface area contributed by atoms with Crippen molar-refractivity contribution in [3.63, 3.8) is 0 Å². The highest BCUT2D eigenvalue weighted by Gasteiger charge is 2.56. The molecule has 6 rings (SSSR count). The second kappa shape index (κ2) is 7.61. The molecule has 170 valence electrons. The third-order valence-corrected chi connectivity index (χ3v) is 8.74. The van der Waals surface area contributed by atoms with Crippen LogP contribution >= 0.6 is 0 Å². The Labute approximate surface area is 192 Å².